The Morgan fingerprint density at radius 3 is 2.36 bits per heavy atom. The van der Waals surface area contributed by atoms with E-state index < -0.39 is 76.0 Å². The van der Waals surface area contributed by atoms with Gasteiger partial charge in [-0.15, -0.1) is 0 Å². The van der Waals surface area contributed by atoms with Gasteiger partial charge in [0.2, 0.25) is 5.36 Å². The van der Waals surface area contributed by atoms with Crippen LogP contribution in [0.25, 0.3) is 16.6 Å². The van der Waals surface area contributed by atoms with Crippen molar-refractivity contribution in [3.05, 3.63) is 104 Å². The summed E-state index contributed by atoms with van der Waals surface area (Å²) in [4.78, 5) is 101. The molecule has 107 heavy (non-hydrogen) atoms. The summed E-state index contributed by atoms with van der Waals surface area (Å²) in [5.74, 6) is 6.64. The Labute approximate surface area is 635 Å². The Bertz CT molecular complexity index is 4490. The fourth-order valence-corrected chi connectivity index (χ4v) is 19.7. The molecule has 5 aromatic rings. The maximum atomic E-state index is 14.0. The number of anilines is 2. The van der Waals surface area contributed by atoms with Crippen LogP contribution in [0.4, 0.5) is 16.3 Å². The van der Waals surface area contributed by atoms with E-state index in [9.17, 15) is 47.8 Å². The van der Waals surface area contributed by atoms with E-state index in [0.29, 0.717) is 79.2 Å². The third-order valence-corrected chi connectivity index (χ3v) is 26.1. The largest absolute Gasteiger partial charge is 0.490 e. The van der Waals surface area contributed by atoms with Crippen LogP contribution in [0.15, 0.2) is 42.9 Å². The fraction of sp³-hybridized carbons (Fsp3) is 0.557. The number of hydrogen-bond acceptors (Lipinski definition) is 25. The number of nitrogens with one attached hydrogen (secondary N) is 1. The zero-order valence-electron chi connectivity index (χ0n) is 59.1. The van der Waals surface area contributed by atoms with Crippen molar-refractivity contribution in [1.82, 2.24) is 24.4 Å². The first-order chi connectivity index (χ1) is 50.7. The van der Waals surface area contributed by atoms with Crippen LogP contribution in [0.3, 0.4) is 0 Å². The van der Waals surface area contributed by atoms with Gasteiger partial charge in [0, 0.05) is 115 Å². The van der Waals surface area contributed by atoms with Crippen LogP contribution in [0.1, 0.15) is 164 Å². The summed E-state index contributed by atoms with van der Waals surface area (Å²) in [7, 11) is -14.3. The number of amides is 1. The first kappa shape index (κ1) is 83.7. The molecule has 8 heterocycles. The topological polar surface area (TPSA) is 397 Å². The lowest BCUT2D eigenvalue weighted by atomic mass is 9.81. The maximum absolute atomic E-state index is 14.0. The lowest BCUT2D eigenvalue weighted by Gasteiger charge is -2.39. The number of unbranched alkanes of at least 4 members (excludes halogenated alkanes) is 1. The third-order valence-electron chi connectivity index (χ3n) is 18.5. The number of carboxylic acid groups (broad SMARTS) is 1. The summed E-state index contributed by atoms with van der Waals surface area (Å²) in [6.07, 6.45) is 11.8. The number of phosphoric ester groups is 1. The quantitative estimate of drug-likeness (QED) is 0.00278. The third kappa shape index (κ3) is 22.3. The minimum atomic E-state index is -5.77. The smallest absolute Gasteiger partial charge is 0.478 e. The van der Waals surface area contributed by atoms with E-state index in [2.05, 4.69) is 71.2 Å². The molecule has 1 fully saturated rings. The van der Waals surface area contributed by atoms with Gasteiger partial charge in [0.25, 0.3) is 0 Å². The minimum Gasteiger partial charge on any atom is -0.478 e. The van der Waals surface area contributed by atoms with E-state index in [0.717, 1.165) is 105 Å². The van der Waals surface area contributed by atoms with Gasteiger partial charge in [-0.25, -0.2) is 37.8 Å². The molecular formula is C70H93N7O23P3S4+. The molecule has 6 aliphatic heterocycles. The van der Waals surface area contributed by atoms with Crippen molar-refractivity contribution in [2.45, 2.75) is 147 Å². The highest BCUT2D eigenvalue weighted by atomic mass is 33.1. The molecule has 6 atom stereocenters. The predicted octanol–water partition coefficient (Wildman–Crippen LogP) is 8.87. The number of esters is 1. The van der Waals surface area contributed by atoms with Crippen molar-refractivity contribution in [1.29, 1.82) is 0 Å². The summed E-state index contributed by atoms with van der Waals surface area (Å²) in [5, 5.41) is 16.1. The molecule has 0 radical (unpaired) electrons. The second kappa shape index (κ2) is 38.0. The summed E-state index contributed by atoms with van der Waals surface area (Å²) in [6.45, 7) is 9.65. The zero-order chi connectivity index (χ0) is 75.3. The Hall–Kier alpha value is -5.73. The minimum absolute atomic E-state index is 0. The van der Waals surface area contributed by atoms with E-state index in [1.807, 2.05) is 0 Å². The van der Waals surface area contributed by atoms with E-state index in [1.165, 1.54) is 39.6 Å². The maximum Gasteiger partial charge on any atom is 0.490 e. The number of carboxylic acids is 1. The van der Waals surface area contributed by atoms with Gasteiger partial charge in [-0.2, -0.15) is 8.62 Å². The molecule has 584 valence electrons. The summed E-state index contributed by atoms with van der Waals surface area (Å²) >= 11 is 5.25. The molecule has 0 bridgehead atoms. The molecule has 11 rings (SSSR count). The van der Waals surface area contributed by atoms with Crippen LogP contribution in [-0.4, -0.2) is 184 Å². The number of ether oxygens (including phenoxy) is 8. The number of hydrogen-bond donors (Lipinski definition) is 7. The van der Waals surface area contributed by atoms with E-state index in [1.54, 1.807) is 56.8 Å². The highest BCUT2D eigenvalue weighted by Gasteiger charge is 2.45. The zero-order valence-corrected chi connectivity index (χ0v) is 65.0. The lowest BCUT2D eigenvalue weighted by Crippen LogP contribution is -2.45. The van der Waals surface area contributed by atoms with Crippen LogP contribution >= 0.6 is 45.1 Å². The monoisotopic (exact) mass is 1620 g/mol. The first-order valence-electron chi connectivity index (χ1n) is 35.1. The van der Waals surface area contributed by atoms with Crippen LogP contribution in [0.5, 0.6) is 11.5 Å². The second-order valence-electron chi connectivity index (χ2n) is 26.7. The van der Waals surface area contributed by atoms with E-state index >= 15 is 0 Å². The summed E-state index contributed by atoms with van der Waals surface area (Å²) in [6, 6.07) is 9.50. The molecule has 8 N–H and O–H groups in total. The van der Waals surface area contributed by atoms with Gasteiger partial charge < -0.3 is 83.1 Å². The first-order valence-corrected chi connectivity index (χ1v) is 44.7. The Morgan fingerprint density at radius 1 is 0.841 bits per heavy atom. The number of rotatable bonds is 38. The number of Topliss-reactive ketones (excluding diaryl/α,β-unsaturated/α-hetero) is 1. The number of phosphoric acid groups is 3. The van der Waals surface area contributed by atoms with Gasteiger partial charge in [-0.3, -0.25) is 14.1 Å². The highest BCUT2D eigenvalue weighted by Crippen LogP contribution is 2.66. The normalized spacial score (nSPS) is 18.6. The number of nitrogen functional groups attached to an aromatic ring is 1. The van der Waals surface area contributed by atoms with Crippen LogP contribution in [0, 0.1) is 11.8 Å². The van der Waals surface area contributed by atoms with Crippen molar-refractivity contribution in [2.24, 2.45) is 0 Å². The number of aromatic carboxylic acids is 1. The van der Waals surface area contributed by atoms with Crippen LogP contribution < -0.4 is 35.8 Å². The second-order valence-corrected chi connectivity index (χ2v) is 37.2. The number of alkyl carbamates (subject to hydrolysis) is 1. The van der Waals surface area contributed by atoms with Crippen molar-refractivity contribution in [3.8, 4) is 23.3 Å². The Morgan fingerprint density at radius 2 is 1.58 bits per heavy atom. The van der Waals surface area contributed by atoms with E-state index in [-0.39, 0.29) is 93.9 Å². The highest BCUT2D eigenvalue weighted by molar-refractivity contribution is 8.77. The Kier molecular flexibility index (Phi) is 29.7. The molecule has 1 saturated heterocycles. The van der Waals surface area contributed by atoms with Crippen molar-refractivity contribution >= 4 is 118 Å². The molecule has 0 spiro atoms. The number of benzene rings is 3. The molecule has 0 saturated carbocycles. The van der Waals surface area contributed by atoms with Gasteiger partial charge in [-0.05, 0) is 131 Å². The van der Waals surface area contributed by atoms with Gasteiger partial charge in [-0.1, -0.05) is 56.4 Å². The number of fused-ring (bicyclic) bond motifs is 5. The average Bonchev–Trinajstić information content (AvgIpc) is 1.39. The molecule has 1 amide bonds. The molecule has 30 nitrogen and oxygen atoms in total. The van der Waals surface area contributed by atoms with Crippen molar-refractivity contribution in [3.63, 3.8) is 0 Å². The molecule has 2 aromatic heterocycles. The summed E-state index contributed by atoms with van der Waals surface area (Å²) in [5.41, 5.74) is 16.1. The lowest BCUT2D eigenvalue weighted by molar-refractivity contribution is -0.143. The average molecular weight is 1620 g/mol. The fourth-order valence-electron chi connectivity index (χ4n) is 13.9. The van der Waals surface area contributed by atoms with Crippen molar-refractivity contribution < 1.29 is 109 Å². The molecule has 37 heteroatoms. The molecule has 3 aromatic carbocycles. The van der Waals surface area contributed by atoms with Crippen molar-refractivity contribution in [2.75, 3.05) is 114 Å². The standard InChI is InChI=1S/C69H88N7O23P3S4.CH4/c1-69(2,105-104-42-91-28-6-7-30-92-58(78)19-5-4-13-47-39-76(66-59(47)65(70)72-41-73-66)57-38-55(94-43-106(3)103)56(96-57)40-95-101(85,86)99-102(87,88)98-100(82,83)84)22-31-93-68(81)71-23-32-90-34-33-89-29-12-18-54(77)44-20-21-48(67(79)80)51(35-44)60-52-36-45-14-8-24-74-26-10-16-49(61(45)74)63(52)97-64-50-17-11-27-75-25-9-15-46(62(50)75)37-53(60)64;/h20-21,35-37,39,41,55-57H,5-12,14-19,22-34,38,40,42-43H2,1-3H3,(H7-,70,71,72,73,79,80,81,82,83,84,85,86,87,88);1H4/p+1/t55-,56+,57+,106?;/m0./s1. The Balaban J connectivity index is 0.0000122. The summed E-state index contributed by atoms with van der Waals surface area (Å²) < 4.78 is 99.2. The number of carbonyl (C=O) groups excluding carboxylic acids is 3. The number of nitrogens with two attached hydrogens (primary N) is 1. The predicted molar refractivity (Wildman–Crippen MR) is 407 cm³/mol. The number of nitrogens with zero attached hydrogens (tertiary/aromatic N) is 5. The number of aromatic nitrogens is 3. The van der Waals surface area contributed by atoms with Gasteiger partial charge >= 0.3 is 41.5 Å². The molecular weight excluding hydrogens is 1530 g/mol. The SMILES string of the molecule is C.CS(=S)CO[C@H]1C[C@H](n2cc(C#CCCC(=O)OCCCCOCSSC(C)(C)CCOC(=O)NCCOCCOCCCC(=O)c3ccc(C(=O)O)c(C4=c5cc6c7c(c5Oc5c4cc4c8c5CCCN8CCC4)CCC[N+]=7CCC6)c3)c3c(N)ncnc32)O[C@@H]1COP(=O)(O)OP(=O)(O)OP(=O)(O)O. The number of aryl methyl sites for hydroxylation is 2. The number of carbonyl (C=O) groups is 4. The van der Waals surface area contributed by atoms with Gasteiger partial charge in [0.05, 0.1) is 80.2 Å². The van der Waals surface area contributed by atoms with E-state index in [4.69, 9.17) is 69.1 Å². The molecule has 0 aliphatic carbocycles. The molecule has 3 unspecified atom stereocenters. The van der Waals surface area contributed by atoms with Crippen LogP contribution in [-0.2, 0) is 111 Å². The molecule has 6 aliphatic rings. The van der Waals surface area contributed by atoms with Gasteiger partial charge in [0.1, 0.15) is 60.7 Å². The van der Waals surface area contributed by atoms with Gasteiger partial charge in [0.15, 0.2) is 5.78 Å². The van der Waals surface area contributed by atoms with Crippen LogP contribution in [0.2, 0.25) is 0 Å². The number of ketones is 1.